The van der Waals surface area contributed by atoms with Gasteiger partial charge in [0.25, 0.3) is 0 Å². The summed E-state index contributed by atoms with van der Waals surface area (Å²) in [7, 11) is 1.97. The first kappa shape index (κ1) is 7.62. The quantitative estimate of drug-likeness (QED) is 0.676. The Morgan fingerprint density at radius 2 is 2.17 bits per heavy atom. The SMILES string of the molecule is CNN1CC(C)c2ccccc21. The van der Waals surface area contributed by atoms with Gasteiger partial charge >= 0.3 is 0 Å². The van der Waals surface area contributed by atoms with E-state index in [9.17, 15) is 0 Å². The first-order chi connectivity index (χ1) is 5.83. The molecule has 1 unspecified atom stereocenters. The molecule has 64 valence electrons. The van der Waals surface area contributed by atoms with Crippen LogP contribution in [-0.2, 0) is 0 Å². The summed E-state index contributed by atoms with van der Waals surface area (Å²) in [5, 5.41) is 2.19. The molecule has 1 aromatic rings. The van der Waals surface area contributed by atoms with Crippen LogP contribution in [0.1, 0.15) is 18.4 Å². The molecule has 0 bridgehead atoms. The van der Waals surface area contributed by atoms with Crippen LogP contribution in [0.2, 0.25) is 0 Å². The predicted octanol–water partition coefficient (Wildman–Crippen LogP) is 1.74. The van der Waals surface area contributed by atoms with E-state index in [-0.39, 0.29) is 0 Å². The van der Waals surface area contributed by atoms with E-state index in [1.165, 1.54) is 11.3 Å². The number of hydrogen-bond donors (Lipinski definition) is 1. The summed E-state index contributed by atoms with van der Waals surface area (Å²) in [6.45, 7) is 3.34. The minimum Gasteiger partial charge on any atom is -0.308 e. The minimum atomic E-state index is 0.647. The van der Waals surface area contributed by atoms with Crippen molar-refractivity contribution in [1.82, 2.24) is 5.43 Å². The molecule has 2 nitrogen and oxygen atoms in total. The molecule has 12 heavy (non-hydrogen) atoms. The van der Waals surface area contributed by atoms with E-state index < -0.39 is 0 Å². The second kappa shape index (κ2) is 2.79. The fourth-order valence-corrected chi connectivity index (χ4v) is 1.83. The maximum atomic E-state index is 3.18. The second-order valence-electron chi connectivity index (χ2n) is 3.29. The highest BCUT2D eigenvalue weighted by molar-refractivity contribution is 5.58. The normalized spacial score (nSPS) is 21.2. The maximum Gasteiger partial charge on any atom is 0.0555 e. The van der Waals surface area contributed by atoms with Crippen molar-refractivity contribution in [2.24, 2.45) is 0 Å². The molecule has 0 saturated heterocycles. The average Bonchev–Trinajstić information content (AvgIpc) is 2.44. The van der Waals surface area contributed by atoms with Crippen molar-refractivity contribution < 1.29 is 0 Å². The van der Waals surface area contributed by atoms with Crippen LogP contribution < -0.4 is 10.4 Å². The number of nitrogens with zero attached hydrogens (tertiary/aromatic N) is 1. The Bertz CT molecular complexity index is 283. The summed E-state index contributed by atoms with van der Waals surface area (Å²) < 4.78 is 0. The summed E-state index contributed by atoms with van der Waals surface area (Å²) in [6, 6.07) is 8.56. The highest BCUT2D eigenvalue weighted by atomic mass is 15.5. The van der Waals surface area contributed by atoms with Crippen LogP contribution in [-0.4, -0.2) is 13.6 Å². The number of hydrazine groups is 1. The number of benzene rings is 1. The molecule has 2 heteroatoms. The third-order valence-corrected chi connectivity index (χ3v) is 2.48. The van der Waals surface area contributed by atoms with Gasteiger partial charge in [-0.15, -0.1) is 0 Å². The Kier molecular flexibility index (Phi) is 1.77. The molecule has 0 saturated carbocycles. The molecule has 0 fully saturated rings. The maximum absolute atomic E-state index is 3.18. The largest absolute Gasteiger partial charge is 0.308 e. The molecule has 0 aromatic heterocycles. The zero-order chi connectivity index (χ0) is 8.55. The molecule has 0 radical (unpaired) electrons. The molecule has 1 aliphatic heterocycles. The van der Waals surface area contributed by atoms with Crippen LogP contribution in [0.3, 0.4) is 0 Å². The summed E-state index contributed by atoms with van der Waals surface area (Å²) in [5.74, 6) is 0.647. The van der Waals surface area contributed by atoms with E-state index in [4.69, 9.17) is 0 Å². The number of fused-ring (bicyclic) bond motifs is 1. The number of hydrogen-bond acceptors (Lipinski definition) is 2. The van der Waals surface area contributed by atoms with Gasteiger partial charge in [-0.05, 0) is 11.6 Å². The summed E-state index contributed by atoms with van der Waals surface area (Å²) >= 11 is 0. The van der Waals surface area contributed by atoms with Crippen LogP contribution in [0.4, 0.5) is 5.69 Å². The van der Waals surface area contributed by atoms with Crippen molar-refractivity contribution in [1.29, 1.82) is 0 Å². The van der Waals surface area contributed by atoms with Gasteiger partial charge in [0.1, 0.15) is 0 Å². The molecular weight excluding hydrogens is 148 g/mol. The van der Waals surface area contributed by atoms with Crippen molar-refractivity contribution >= 4 is 5.69 Å². The lowest BCUT2D eigenvalue weighted by Gasteiger charge is -2.17. The van der Waals surface area contributed by atoms with Gasteiger partial charge in [-0.25, -0.2) is 5.43 Å². The van der Waals surface area contributed by atoms with Gasteiger partial charge in [0.2, 0.25) is 0 Å². The highest BCUT2D eigenvalue weighted by Crippen LogP contribution is 2.33. The molecule has 1 aliphatic rings. The Balaban J connectivity index is 2.43. The fourth-order valence-electron chi connectivity index (χ4n) is 1.83. The molecular formula is C10H14N2. The minimum absolute atomic E-state index is 0.647. The zero-order valence-electron chi connectivity index (χ0n) is 7.54. The van der Waals surface area contributed by atoms with Gasteiger partial charge in [0.15, 0.2) is 0 Å². The monoisotopic (exact) mass is 162 g/mol. The van der Waals surface area contributed by atoms with E-state index in [0.29, 0.717) is 5.92 Å². The summed E-state index contributed by atoms with van der Waals surface area (Å²) in [6.07, 6.45) is 0. The lowest BCUT2D eigenvalue weighted by Crippen LogP contribution is -2.33. The average molecular weight is 162 g/mol. The van der Waals surface area contributed by atoms with Crippen molar-refractivity contribution in [2.75, 3.05) is 18.6 Å². The van der Waals surface area contributed by atoms with Crippen molar-refractivity contribution in [3.63, 3.8) is 0 Å². The molecule has 2 rings (SSSR count). The van der Waals surface area contributed by atoms with Gasteiger partial charge in [0, 0.05) is 19.5 Å². The van der Waals surface area contributed by atoms with Gasteiger partial charge in [0.05, 0.1) is 5.69 Å². The lowest BCUT2D eigenvalue weighted by atomic mass is 10.0. The standard InChI is InChI=1S/C10H14N2/c1-8-7-12(11-2)10-6-4-3-5-9(8)10/h3-6,8,11H,7H2,1-2H3. The second-order valence-corrected chi connectivity index (χ2v) is 3.29. The Morgan fingerprint density at radius 1 is 1.42 bits per heavy atom. The Labute approximate surface area is 73.2 Å². The molecule has 0 amide bonds. The number of nitrogens with one attached hydrogen (secondary N) is 1. The van der Waals surface area contributed by atoms with Crippen molar-refractivity contribution in [2.45, 2.75) is 12.8 Å². The molecule has 1 N–H and O–H groups in total. The van der Waals surface area contributed by atoms with Gasteiger partial charge in [-0.2, -0.15) is 0 Å². The van der Waals surface area contributed by atoms with E-state index in [2.05, 4.69) is 41.6 Å². The summed E-state index contributed by atoms with van der Waals surface area (Å²) in [5.41, 5.74) is 5.96. The van der Waals surface area contributed by atoms with Gasteiger partial charge in [-0.1, -0.05) is 25.1 Å². The number of rotatable bonds is 1. The third-order valence-electron chi connectivity index (χ3n) is 2.48. The third kappa shape index (κ3) is 0.994. The first-order valence-electron chi connectivity index (χ1n) is 4.37. The topological polar surface area (TPSA) is 15.3 Å². The number of para-hydroxylation sites is 1. The molecule has 0 aliphatic carbocycles. The van der Waals surface area contributed by atoms with Gasteiger partial charge < -0.3 is 5.01 Å². The van der Waals surface area contributed by atoms with Crippen molar-refractivity contribution in [3.8, 4) is 0 Å². The Hall–Kier alpha value is -1.02. The van der Waals surface area contributed by atoms with Crippen LogP contribution in [0.5, 0.6) is 0 Å². The molecule has 1 aromatic carbocycles. The predicted molar refractivity (Wildman–Crippen MR) is 51.3 cm³/mol. The van der Waals surface area contributed by atoms with E-state index >= 15 is 0 Å². The molecule has 1 heterocycles. The highest BCUT2D eigenvalue weighted by Gasteiger charge is 2.23. The van der Waals surface area contributed by atoms with Crippen LogP contribution in [0.25, 0.3) is 0 Å². The molecule has 0 spiro atoms. The van der Waals surface area contributed by atoms with Crippen LogP contribution in [0.15, 0.2) is 24.3 Å². The van der Waals surface area contributed by atoms with Crippen LogP contribution in [0, 0.1) is 0 Å². The van der Waals surface area contributed by atoms with E-state index in [1.54, 1.807) is 0 Å². The number of anilines is 1. The molecule has 1 atom stereocenters. The zero-order valence-corrected chi connectivity index (χ0v) is 7.54. The lowest BCUT2D eigenvalue weighted by molar-refractivity contribution is 0.683. The van der Waals surface area contributed by atoms with E-state index in [1.807, 2.05) is 7.05 Å². The van der Waals surface area contributed by atoms with Crippen LogP contribution >= 0.6 is 0 Å². The Morgan fingerprint density at radius 3 is 2.92 bits per heavy atom. The first-order valence-corrected chi connectivity index (χ1v) is 4.37. The smallest absolute Gasteiger partial charge is 0.0555 e. The fraction of sp³-hybridized carbons (Fsp3) is 0.400. The van der Waals surface area contributed by atoms with Crippen molar-refractivity contribution in [3.05, 3.63) is 29.8 Å². The van der Waals surface area contributed by atoms with E-state index in [0.717, 1.165) is 6.54 Å². The van der Waals surface area contributed by atoms with Gasteiger partial charge in [-0.3, -0.25) is 0 Å². The summed E-state index contributed by atoms with van der Waals surface area (Å²) in [4.78, 5) is 0.